The molecule has 6 heteroatoms. The highest BCUT2D eigenvalue weighted by molar-refractivity contribution is 6.09. The highest BCUT2D eigenvalue weighted by atomic mass is 16.5. The first-order valence-electron chi connectivity index (χ1n) is 20.1. The van der Waals surface area contributed by atoms with Crippen LogP contribution in [0.15, 0.2) is 122 Å². The van der Waals surface area contributed by atoms with Gasteiger partial charge < -0.3 is 4.74 Å². The normalized spacial score (nSPS) is 15.3. The number of para-hydroxylation sites is 2. The smallest absolute Gasteiger partial charge is 0.457 e. The van der Waals surface area contributed by atoms with Crippen molar-refractivity contribution in [3.63, 3.8) is 0 Å². The maximum absolute atomic E-state index is 8.84. The third-order valence-corrected chi connectivity index (χ3v) is 9.03. The van der Waals surface area contributed by atoms with Crippen LogP contribution in [-0.4, -0.2) is 20.5 Å². The Kier molecular flexibility index (Phi) is 5.66. The van der Waals surface area contributed by atoms with Gasteiger partial charge in [0.2, 0.25) is 11.4 Å². The van der Waals surface area contributed by atoms with Gasteiger partial charge in [-0.3, -0.25) is 9.55 Å². The zero-order chi connectivity index (χ0) is 40.8. The molecular weight excluding hydrogens is 615 g/mol. The summed E-state index contributed by atoms with van der Waals surface area (Å²) in [5, 5.41) is 2.08. The molecule has 1 aliphatic rings. The molecular formula is C44H41N5O+2. The van der Waals surface area contributed by atoms with E-state index in [1.54, 1.807) is 16.8 Å². The van der Waals surface area contributed by atoms with Gasteiger partial charge in [0.05, 0.1) is 28.8 Å². The van der Waals surface area contributed by atoms with E-state index in [1.165, 1.54) is 4.58 Å². The van der Waals surface area contributed by atoms with Crippen LogP contribution >= 0.6 is 0 Å². The van der Waals surface area contributed by atoms with Gasteiger partial charge in [0.25, 0.3) is 11.4 Å². The highest BCUT2D eigenvalue weighted by Gasteiger charge is 2.37. The van der Waals surface area contributed by atoms with E-state index in [4.69, 9.17) is 19.3 Å². The van der Waals surface area contributed by atoms with Gasteiger partial charge in [-0.25, -0.2) is 4.98 Å². The van der Waals surface area contributed by atoms with Crippen molar-refractivity contribution in [2.45, 2.75) is 59.2 Å². The standard InChI is InChI=1S/C44H41N5O/c1-29-12-14-32(15-13-29)47-28-48(39-11-9-8-10-38(39)47)33-22-31(44(5,6)7)23-35(25-33)50-34-16-17-36-37-19-20-45-27-41(37)49(40(36)26-34)42-24-30(18-21-46-42)43(2,3)4/h8-27H,1-7H3/q+2/i1D3,12D,13D,14D,15D. The predicted molar refractivity (Wildman–Crippen MR) is 206 cm³/mol. The van der Waals surface area contributed by atoms with E-state index in [0.717, 1.165) is 38.8 Å². The van der Waals surface area contributed by atoms with E-state index in [-0.39, 0.29) is 16.5 Å². The third kappa shape index (κ3) is 5.58. The van der Waals surface area contributed by atoms with Crippen LogP contribution in [0.5, 0.6) is 11.5 Å². The quantitative estimate of drug-likeness (QED) is 0.172. The van der Waals surface area contributed by atoms with Gasteiger partial charge in [0.15, 0.2) is 0 Å². The monoisotopic (exact) mass is 662 g/mol. The molecule has 50 heavy (non-hydrogen) atoms. The third-order valence-electron chi connectivity index (χ3n) is 9.03. The second-order valence-electron chi connectivity index (χ2n) is 14.6. The molecule has 0 N–H and O–H groups in total. The minimum atomic E-state index is -2.82. The summed E-state index contributed by atoms with van der Waals surface area (Å²) in [6.07, 6.45) is 5.49. The number of pyridine rings is 2. The minimum Gasteiger partial charge on any atom is -0.457 e. The Morgan fingerprint density at radius 3 is 2.14 bits per heavy atom. The van der Waals surface area contributed by atoms with Crippen molar-refractivity contribution >= 4 is 50.6 Å². The zero-order valence-corrected chi connectivity index (χ0v) is 28.9. The van der Waals surface area contributed by atoms with Crippen LogP contribution in [-0.2, 0) is 10.8 Å². The van der Waals surface area contributed by atoms with E-state index in [1.807, 2.05) is 73.1 Å². The second kappa shape index (κ2) is 11.6. The Balaban J connectivity index is 1.29. The molecule has 0 saturated heterocycles. The molecule has 0 atom stereocenters. The van der Waals surface area contributed by atoms with Gasteiger partial charge in [0, 0.05) is 63.6 Å². The lowest BCUT2D eigenvalue weighted by Gasteiger charge is -2.20. The van der Waals surface area contributed by atoms with Crippen molar-refractivity contribution in [1.82, 2.24) is 23.7 Å². The van der Waals surface area contributed by atoms with E-state index in [9.17, 15) is 0 Å². The lowest BCUT2D eigenvalue weighted by molar-refractivity contribution is 0.479. The molecule has 0 fully saturated rings. The van der Waals surface area contributed by atoms with Crippen LogP contribution in [0.4, 0.5) is 22.7 Å². The number of ether oxygens (including phenoxy) is 1. The number of benzene rings is 4. The van der Waals surface area contributed by atoms with Crippen LogP contribution in [0.1, 0.15) is 67.8 Å². The lowest BCUT2D eigenvalue weighted by atomic mass is 9.86. The Hall–Kier alpha value is -5.84. The van der Waals surface area contributed by atoms with Gasteiger partial charge in [-0.2, -0.15) is 0 Å². The van der Waals surface area contributed by atoms with Gasteiger partial charge in [-0.15, -0.1) is 0 Å². The summed E-state index contributed by atoms with van der Waals surface area (Å²) in [6.45, 7) is 10.1. The molecule has 246 valence electrons. The van der Waals surface area contributed by atoms with E-state index in [0.29, 0.717) is 28.6 Å². The van der Waals surface area contributed by atoms with Crippen molar-refractivity contribution in [1.29, 1.82) is 0 Å². The summed E-state index contributed by atoms with van der Waals surface area (Å²) in [7, 11) is 0. The number of rotatable bonds is 5. The molecule has 0 saturated carbocycles. The van der Waals surface area contributed by atoms with E-state index < -0.39 is 36.6 Å². The van der Waals surface area contributed by atoms with Crippen LogP contribution in [0.2, 0.25) is 0 Å². The molecule has 0 radical (unpaired) electrons. The average molecular weight is 663 g/mol. The number of nitrogens with zero attached hydrogens (tertiary/aromatic N) is 5. The molecule has 6 nitrogen and oxygen atoms in total. The number of aromatic nitrogens is 3. The fourth-order valence-electron chi connectivity index (χ4n) is 6.34. The van der Waals surface area contributed by atoms with Crippen molar-refractivity contribution < 1.29 is 14.3 Å². The average Bonchev–Trinajstić information content (AvgIpc) is 3.69. The summed E-state index contributed by atoms with van der Waals surface area (Å²) in [5.74, 6) is 1.96. The molecule has 0 amide bonds. The second-order valence-corrected chi connectivity index (χ2v) is 14.6. The van der Waals surface area contributed by atoms with Crippen molar-refractivity contribution in [2.24, 2.45) is 0 Å². The molecule has 0 aliphatic carbocycles. The molecule has 0 bridgehead atoms. The van der Waals surface area contributed by atoms with Gasteiger partial charge in [-0.05, 0) is 74.4 Å². The van der Waals surface area contributed by atoms with Crippen LogP contribution in [0.25, 0.3) is 27.6 Å². The van der Waals surface area contributed by atoms with Gasteiger partial charge in [-0.1, -0.05) is 71.3 Å². The summed E-state index contributed by atoms with van der Waals surface area (Å²) in [5.41, 5.74) is 4.81. The fraction of sp³-hybridized carbons (Fsp3) is 0.205. The molecule has 0 spiro atoms. The molecule has 4 aromatic carbocycles. The van der Waals surface area contributed by atoms with Gasteiger partial charge in [0.1, 0.15) is 17.3 Å². The number of fused-ring (bicyclic) bond motifs is 4. The maximum atomic E-state index is 8.84. The summed E-state index contributed by atoms with van der Waals surface area (Å²) in [6, 6.07) is 26.6. The molecule has 4 heterocycles. The van der Waals surface area contributed by atoms with Crippen molar-refractivity contribution in [3.05, 3.63) is 138 Å². The Labute approximate surface area is 303 Å². The lowest BCUT2D eigenvalue weighted by Crippen LogP contribution is -2.12. The SMILES string of the molecule is [2H]c1c([2H])c(C([2H])([2H])[2H])c([2H])c([2H])c1[N+]1=C=[N+](c2cc(Oc3ccc4c5ccncc5n(-c5cc(C(C)(C)C)ccn5)c4c3)cc(C(C)(C)C)c2)c2ccccc21. The minimum absolute atomic E-state index is 0.0765. The van der Waals surface area contributed by atoms with Crippen molar-refractivity contribution in [3.8, 4) is 17.3 Å². The van der Waals surface area contributed by atoms with Crippen LogP contribution in [0, 0.1) is 6.85 Å². The van der Waals surface area contributed by atoms with Crippen LogP contribution in [0.3, 0.4) is 0 Å². The number of hydrogen-bond donors (Lipinski definition) is 0. The summed E-state index contributed by atoms with van der Waals surface area (Å²) >= 11 is 0. The van der Waals surface area contributed by atoms with Gasteiger partial charge >= 0.3 is 6.01 Å². The summed E-state index contributed by atoms with van der Waals surface area (Å²) in [4.78, 5) is 9.25. The zero-order valence-electron chi connectivity index (χ0n) is 35.9. The first-order valence-corrected chi connectivity index (χ1v) is 16.6. The molecule has 8 rings (SSSR count). The largest absolute Gasteiger partial charge is 0.503 e. The predicted octanol–water partition coefficient (Wildman–Crippen LogP) is 11.1. The molecule has 7 aromatic rings. The first kappa shape index (κ1) is 24.3. The topological polar surface area (TPSA) is 46.0 Å². The Morgan fingerprint density at radius 1 is 0.700 bits per heavy atom. The number of hydrogen-bond acceptors (Lipinski definition) is 3. The molecule has 0 unspecified atom stereocenters. The molecule has 1 aliphatic heterocycles. The maximum Gasteiger partial charge on any atom is 0.503 e. The Morgan fingerprint density at radius 2 is 1.42 bits per heavy atom. The van der Waals surface area contributed by atoms with Crippen LogP contribution < -0.4 is 13.9 Å². The van der Waals surface area contributed by atoms with E-state index >= 15 is 0 Å². The fourth-order valence-corrected chi connectivity index (χ4v) is 6.34. The molecule has 3 aromatic heterocycles. The van der Waals surface area contributed by atoms with E-state index in [2.05, 4.69) is 69.2 Å². The first-order chi connectivity index (χ1) is 26.8. The summed E-state index contributed by atoms with van der Waals surface area (Å²) < 4.78 is 70.5. The Bertz CT molecular complexity index is 2850. The highest BCUT2D eigenvalue weighted by Crippen LogP contribution is 2.40. The van der Waals surface area contributed by atoms with Crippen molar-refractivity contribution in [2.75, 3.05) is 0 Å².